The summed E-state index contributed by atoms with van der Waals surface area (Å²) in [5, 5.41) is 12.0. The van der Waals surface area contributed by atoms with Crippen LogP contribution in [-0.4, -0.2) is 17.6 Å². The highest BCUT2D eigenvalue weighted by Gasteiger charge is 2.29. The van der Waals surface area contributed by atoms with Crippen LogP contribution in [0.2, 0.25) is 0 Å². The van der Waals surface area contributed by atoms with Gasteiger partial charge >= 0.3 is 5.97 Å². The van der Waals surface area contributed by atoms with Crippen molar-refractivity contribution in [3.05, 3.63) is 35.4 Å². The maximum absolute atomic E-state index is 12.5. The topological polar surface area (TPSA) is 49.3 Å². The van der Waals surface area contributed by atoms with E-state index in [9.17, 15) is 9.18 Å². The minimum atomic E-state index is -0.767. The van der Waals surface area contributed by atoms with Crippen molar-refractivity contribution in [1.29, 1.82) is 0 Å². The first-order valence-corrected chi connectivity index (χ1v) is 5.31. The van der Waals surface area contributed by atoms with Crippen LogP contribution >= 0.6 is 0 Å². The van der Waals surface area contributed by atoms with Crippen molar-refractivity contribution in [1.82, 2.24) is 5.32 Å². The Morgan fingerprint density at radius 1 is 1.56 bits per heavy atom. The predicted octanol–water partition coefficient (Wildman–Crippen LogP) is 1.89. The summed E-state index contributed by atoms with van der Waals surface area (Å²) in [5.41, 5.74) is 1.61. The van der Waals surface area contributed by atoms with E-state index < -0.39 is 12.6 Å². The van der Waals surface area contributed by atoms with E-state index in [2.05, 4.69) is 5.32 Å². The van der Waals surface area contributed by atoms with E-state index in [1.807, 2.05) is 6.07 Å². The minimum Gasteiger partial charge on any atom is -0.481 e. The molecule has 0 amide bonds. The lowest BCUT2D eigenvalue weighted by molar-refractivity contribution is -0.141. The van der Waals surface area contributed by atoms with Gasteiger partial charge in [-0.15, -0.1) is 0 Å². The van der Waals surface area contributed by atoms with Gasteiger partial charge in [0.25, 0.3) is 0 Å². The third-order valence-electron chi connectivity index (χ3n) is 2.99. The molecule has 1 aromatic carbocycles. The maximum Gasteiger partial charge on any atom is 0.307 e. The van der Waals surface area contributed by atoms with Gasteiger partial charge in [-0.25, -0.2) is 4.39 Å². The normalized spacial score (nSPS) is 24.6. The molecule has 0 radical (unpaired) electrons. The van der Waals surface area contributed by atoms with E-state index in [0.717, 1.165) is 5.56 Å². The molecule has 0 spiro atoms. The molecule has 1 aliphatic heterocycles. The second-order valence-corrected chi connectivity index (χ2v) is 4.11. The van der Waals surface area contributed by atoms with Crippen LogP contribution in [0.25, 0.3) is 0 Å². The second kappa shape index (κ2) is 4.61. The first-order valence-electron chi connectivity index (χ1n) is 5.31. The molecule has 1 saturated heterocycles. The first kappa shape index (κ1) is 11.1. The molecule has 0 saturated carbocycles. The summed E-state index contributed by atoms with van der Waals surface area (Å²) in [6, 6.07) is 7.27. The summed E-state index contributed by atoms with van der Waals surface area (Å²) in [6.45, 7) is 0.00275. The number of nitrogens with one attached hydrogen (secondary N) is 1. The zero-order valence-electron chi connectivity index (χ0n) is 8.82. The molecule has 1 aliphatic rings. The highest BCUT2D eigenvalue weighted by molar-refractivity contribution is 5.70. The molecule has 0 bridgehead atoms. The molecule has 1 heterocycles. The van der Waals surface area contributed by atoms with E-state index in [1.165, 1.54) is 0 Å². The quantitative estimate of drug-likeness (QED) is 0.822. The van der Waals surface area contributed by atoms with Crippen LogP contribution in [0.3, 0.4) is 0 Å². The molecule has 3 nitrogen and oxygen atoms in total. The number of hydrogen-bond donors (Lipinski definition) is 2. The van der Waals surface area contributed by atoms with Crippen molar-refractivity contribution in [2.24, 2.45) is 5.92 Å². The van der Waals surface area contributed by atoms with Gasteiger partial charge in [0, 0.05) is 12.6 Å². The summed E-state index contributed by atoms with van der Waals surface area (Å²) >= 11 is 0. The fraction of sp³-hybridized carbons (Fsp3) is 0.417. The van der Waals surface area contributed by atoms with Gasteiger partial charge in [0.05, 0.1) is 5.92 Å². The number of halogens is 1. The Bertz CT molecular complexity index is 394. The van der Waals surface area contributed by atoms with Crippen LogP contribution in [0.15, 0.2) is 24.3 Å². The molecule has 1 aromatic rings. The van der Waals surface area contributed by atoms with Crippen molar-refractivity contribution < 1.29 is 14.3 Å². The number of carboxylic acids is 1. The van der Waals surface area contributed by atoms with E-state index in [-0.39, 0.29) is 12.0 Å². The van der Waals surface area contributed by atoms with E-state index in [4.69, 9.17) is 5.11 Å². The smallest absolute Gasteiger partial charge is 0.307 e. The number of alkyl halides is 1. The molecule has 2 atom stereocenters. The van der Waals surface area contributed by atoms with Gasteiger partial charge in [-0.1, -0.05) is 24.3 Å². The lowest BCUT2D eigenvalue weighted by atomic mass is 9.99. The van der Waals surface area contributed by atoms with Gasteiger partial charge in [0.2, 0.25) is 0 Å². The Kier molecular flexibility index (Phi) is 3.19. The molecule has 0 aliphatic carbocycles. The van der Waals surface area contributed by atoms with E-state index in [0.29, 0.717) is 18.5 Å². The molecule has 16 heavy (non-hydrogen) atoms. The Balaban J connectivity index is 2.11. The summed E-state index contributed by atoms with van der Waals surface area (Å²) in [6.07, 6.45) is 0.574. The molecule has 86 valence electrons. The monoisotopic (exact) mass is 223 g/mol. The zero-order chi connectivity index (χ0) is 11.5. The van der Waals surface area contributed by atoms with Crippen LogP contribution in [0.5, 0.6) is 0 Å². The highest BCUT2D eigenvalue weighted by Crippen LogP contribution is 2.27. The van der Waals surface area contributed by atoms with Crippen molar-refractivity contribution in [3.63, 3.8) is 0 Å². The van der Waals surface area contributed by atoms with Crippen LogP contribution in [0.4, 0.5) is 4.39 Å². The first-order chi connectivity index (χ1) is 7.70. The Hall–Kier alpha value is -1.42. The molecule has 2 unspecified atom stereocenters. The highest BCUT2D eigenvalue weighted by atomic mass is 19.1. The van der Waals surface area contributed by atoms with Crippen LogP contribution < -0.4 is 5.32 Å². The minimum absolute atomic E-state index is 0.0348. The van der Waals surface area contributed by atoms with Gasteiger partial charge in [-0.05, 0) is 17.5 Å². The molecular weight excluding hydrogens is 209 g/mol. The maximum atomic E-state index is 12.5. The largest absolute Gasteiger partial charge is 0.481 e. The SMILES string of the molecule is O=C(O)C1CNC(c2cccc(CF)c2)C1. The number of carbonyl (C=O) groups is 1. The number of benzene rings is 1. The number of aliphatic carboxylic acids is 1. The van der Waals surface area contributed by atoms with Crippen molar-refractivity contribution in [3.8, 4) is 0 Å². The lowest BCUT2D eigenvalue weighted by Gasteiger charge is -2.11. The van der Waals surface area contributed by atoms with Crippen molar-refractivity contribution >= 4 is 5.97 Å². The van der Waals surface area contributed by atoms with Gasteiger partial charge in [0.15, 0.2) is 0 Å². The summed E-state index contributed by atoms with van der Waals surface area (Å²) < 4.78 is 12.5. The van der Waals surface area contributed by atoms with E-state index in [1.54, 1.807) is 18.2 Å². The molecular formula is C12H14FNO2. The molecule has 0 aromatic heterocycles. The summed E-state index contributed by atoms with van der Waals surface area (Å²) in [7, 11) is 0. The Morgan fingerprint density at radius 3 is 3.00 bits per heavy atom. The summed E-state index contributed by atoms with van der Waals surface area (Å²) in [4.78, 5) is 10.8. The summed E-state index contributed by atoms with van der Waals surface area (Å²) in [5.74, 6) is -1.10. The van der Waals surface area contributed by atoms with Crippen LogP contribution in [0, 0.1) is 5.92 Å². The van der Waals surface area contributed by atoms with Gasteiger partial charge in [0.1, 0.15) is 6.67 Å². The number of rotatable bonds is 3. The number of carboxylic acid groups (broad SMARTS) is 1. The average molecular weight is 223 g/mol. The fourth-order valence-electron chi connectivity index (χ4n) is 2.07. The lowest BCUT2D eigenvalue weighted by Crippen LogP contribution is -2.17. The standard InChI is InChI=1S/C12H14FNO2/c13-6-8-2-1-3-9(4-8)11-5-10(7-14-11)12(15)16/h1-4,10-11,14H,5-7H2,(H,15,16). The van der Waals surface area contributed by atoms with Crippen LogP contribution in [0.1, 0.15) is 23.6 Å². The third-order valence-corrected chi connectivity index (χ3v) is 2.99. The Morgan fingerprint density at radius 2 is 2.38 bits per heavy atom. The molecule has 1 fully saturated rings. The molecule has 4 heteroatoms. The zero-order valence-corrected chi connectivity index (χ0v) is 8.82. The third kappa shape index (κ3) is 2.22. The van der Waals surface area contributed by atoms with Gasteiger partial charge in [-0.2, -0.15) is 0 Å². The van der Waals surface area contributed by atoms with Gasteiger partial charge < -0.3 is 10.4 Å². The van der Waals surface area contributed by atoms with Crippen LogP contribution in [-0.2, 0) is 11.5 Å². The second-order valence-electron chi connectivity index (χ2n) is 4.11. The molecule has 2 N–H and O–H groups in total. The Labute approximate surface area is 93.3 Å². The fourth-order valence-corrected chi connectivity index (χ4v) is 2.07. The predicted molar refractivity (Wildman–Crippen MR) is 57.7 cm³/mol. The van der Waals surface area contributed by atoms with Gasteiger partial charge in [-0.3, -0.25) is 4.79 Å². The average Bonchev–Trinajstić information content (AvgIpc) is 2.78. The van der Waals surface area contributed by atoms with Crippen molar-refractivity contribution in [2.45, 2.75) is 19.1 Å². The van der Waals surface area contributed by atoms with E-state index >= 15 is 0 Å². The number of hydrogen-bond acceptors (Lipinski definition) is 2. The molecule has 2 rings (SSSR count). The van der Waals surface area contributed by atoms with Crippen molar-refractivity contribution in [2.75, 3.05) is 6.54 Å².